The highest BCUT2D eigenvalue weighted by atomic mass is 35.5. The van der Waals surface area contributed by atoms with Gasteiger partial charge in [0, 0.05) is 44.2 Å². The van der Waals surface area contributed by atoms with E-state index in [0.29, 0.717) is 10.9 Å². The van der Waals surface area contributed by atoms with Gasteiger partial charge in [0.1, 0.15) is 0 Å². The molecule has 2 heterocycles. The van der Waals surface area contributed by atoms with Crippen LogP contribution in [0.1, 0.15) is 18.6 Å². The second-order valence-corrected chi connectivity index (χ2v) is 5.06. The molecule has 0 amide bonds. The Hall–Kier alpha value is -0.910. The molecular formula is C12H19ClN4O. The second kappa shape index (κ2) is 6.31. The topological polar surface area (TPSA) is 45.4 Å². The third-order valence-corrected chi connectivity index (χ3v) is 3.16. The number of nitrogens with zero attached hydrogens (tertiary/aromatic N) is 4. The van der Waals surface area contributed by atoms with Crippen molar-refractivity contribution < 1.29 is 4.52 Å². The van der Waals surface area contributed by atoms with Crippen molar-refractivity contribution in [3.63, 3.8) is 0 Å². The lowest BCUT2D eigenvalue weighted by Crippen LogP contribution is -2.46. The van der Waals surface area contributed by atoms with Crippen LogP contribution >= 0.6 is 11.6 Å². The summed E-state index contributed by atoms with van der Waals surface area (Å²) >= 11 is 5.81. The Bertz CT molecular complexity index is 399. The van der Waals surface area contributed by atoms with E-state index in [1.165, 1.54) is 0 Å². The monoisotopic (exact) mass is 270 g/mol. The zero-order chi connectivity index (χ0) is 13.0. The zero-order valence-corrected chi connectivity index (χ0v) is 11.5. The van der Waals surface area contributed by atoms with E-state index in [0.717, 1.165) is 51.5 Å². The minimum absolute atomic E-state index is 0.703. The van der Waals surface area contributed by atoms with Crippen LogP contribution in [0.15, 0.2) is 16.1 Å². The van der Waals surface area contributed by atoms with Crippen LogP contribution in [-0.4, -0.2) is 52.7 Å². The molecule has 18 heavy (non-hydrogen) atoms. The van der Waals surface area contributed by atoms with Gasteiger partial charge in [0.05, 0.1) is 6.54 Å². The standard InChI is InChI=1S/C12H19ClN4O/c1-3-12-14-11(15-18-12)9-17-6-4-16(5-7-17)8-10(2)13/h2-9H2,1H3. The predicted molar refractivity (Wildman–Crippen MR) is 70.4 cm³/mol. The van der Waals surface area contributed by atoms with Gasteiger partial charge in [-0.25, -0.2) is 0 Å². The molecule has 0 aliphatic carbocycles. The van der Waals surface area contributed by atoms with Crippen molar-refractivity contribution in [2.24, 2.45) is 0 Å². The van der Waals surface area contributed by atoms with Crippen LogP contribution in [0.5, 0.6) is 0 Å². The highest BCUT2D eigenvalue weighted by molar-refractivity contribution is 6.29. The number of piperazine rings is 1. The molecule has 5 nitrogen and oxygen atoms in total. The van der Waals surface area contributed by atoms with Crippen LogP contribution < -0.4 is 0 Å². The fourth-order valence-corrected chi connectivity index (χ4v) is 2.22. The van der Waals surface area contributed by atoms with Crippen molar-refractivity contribution in [1.82, 2.24) is 19.9 Å². The lowest BCUT2D eigenvalue weighted by molar-refractivity contribution is 0.133. The molecule has 1 aliphatic rings. The largest absolute Gasteiger partial charge is 0.339 e. The molecule has 2 rings (SSSR count). The zero-order valence-electron chi connectivity index (χ0n) is 10.7. The lowest BCUT2D eigenvalue weighted by atomic mass is 10.3. The first-order valence-corrected chi connectivity index (χ1v) is 6.64. The summed E-state index contributed by atoms with van der Waals surface area (Å²) in [5.74, 6) is 1.49. The maximum Gasteiger partial charge on any atom is 0.226 e. The van der Waals surface area contributed by atoms with Crippen molar-refractivity contribution in [2.45, 2.75) is 19.9 Å². The Morgan fingerprint density at radius 2 is 2.00 bits per heavy atom. The molecule has 1 fully saturated rings. The van der Waals surface area contributed by atoms with E-state index in [-0.39, 0.29) is 0 Å². The van der Waals surface area contributed by atoms with Crippen LogP contribution in [0.25, 0.3) is 0 Å². The van der Waals surface area contributed by atoms with E-state index < -0.39 is 0 Å². The summed E-state index contributed by atoms with van der Waals surface area (Å²) in [5.41, 5.74) is 0. The van der Waals surface area contributed by atoms with E-state index in [1.54, 1.807) is 0 Å². The first-order chi connectivity index (χ1) is 8.67. The minimum Gasteiger partial charge on any atom is -0.339 e. The summed E-state index contributed by atoms with van der Waals surface area (Å²) in [4.78, 5) is 8.96. The third-order valence-electron chi connectivity index (χ3n) is 3.04. The summed E-state index contributed by atoms with van der Waals surface area (Å²) in [6.45, 7) is 11.3. The summed E-state index contributed by atoms with van der Waals surface area (Å²) < 4.78 is 5.10. The summed E-state index contributed by atoms with van der Waals surface area (Å²) in [7, 11) is 0. The Balaban J connectivity index is 1.78. The van der Waals surface area contributed by atoms with Crippen molar-refractivity contribution in [3.05, 3.63) is 23.3 Å². The van der Waals surface area contributed by atoms with Crippen molar-refractivity contribution in [1.29, 1.82) is 0 Å². The van der Waals surface area contributed by atoms with Gasteiger partial charge in [0.25, 0.3) is 0 Å². The molecule has 0 saturated carbocycles. The van der Waals surface area contributed by atoms with Crippen LogP contribution in [0, 0.1) is 0 Å². The molecular weight excluding hydrogens is 252 g/mol. The molecule has 0 radical (unpaired) electrons. The first-order valence-electron chi connectivity index (χ1n) is 6.27. The SMILES string of the molecule is C=C(Cl)CN1CCN(Cc2noc(CC)n2)CC1. The van der Waals surface area contributed by atoms with Gasteiger partial charge in [0.2, 0.25) is 5.89 Å². The van der Waals surface area contributed by atoms with Crippen LogP contribution in [0.2, 0.25) is 0 Å². The number of rotatable bonds is 5. The maximum absolute atomic E-state index is 5.81. The number of aryl methyl sites for hydroxylation is 1. The van der Waals surface area contributed by atoms with E-state index >= 15 is 0 Å². The summed E-state index contributed by atoms with van der Waals surface area (Å²) in [6, 6.07) is 0. The Labute approximate surface area is 112 Å². The molecule has 0 unspecified atom stereocenters. The fourth-order valence-electron chi connectivity index (χ4n) is 2.05. The average molecular weight is 271 g/mol. The van der Waals surface area contributed by atoms with E-state index in [1.807, 2.05) is 6.92 Å². The molecule has 0 bridgehead atoms. The van der Waals surface area contributed by atoms with Crippen molar-refractivity contribution >= 4 is 11.6 Å². The van der Waals surface area contributed by atoms with Crippen molar-refractivity contribution in [3.8, 4) is 0 Å². The van der Waals surface area contributed by atoms with Gasteiger partial charge >= 0.3 is 0 Å². The second-order valence-electron chi connectivity index (χ2n) is 4.53. The van der Waals surface area contributed by atoms with E-state index in [4.69, 9.17) is 16.1 Å². The Kier molecular flexibility index (Phi) is 4.74. The molecule has 1 saturated heterocycles. The molecule has 0 atom stereocenters. The smallest absolute Gasteiger partial charge is 0.226 e. The Morgan fingerprint density at radius 1 is 1.33 bits per heavy atom. The minimum atomic E-state index is 0.703. The van der Waals surface area contributed by atoms with Gasteiger partial charge < -0.3 is 4.52 Å². The van der Waals surface area contributed by atoms with Crippen LogP contribution in [0.4, 0.5) is 0 Å². The van der Waals surface area contributed by atoms with E-state index in [2.05, 4.69) is 26.5 Å². The highest BCUT2D eigenvalue weighted by Crippen LogP contribution is 2.09. The molecule has 0 aromatic carbocycles. The van der Waals surface area contributed by atoms with Gasteiger partial charge in [-0.1, -0.05) is 30.3 Å². The fraction of sp³-hybridized carbons (Fsp3) is 0.667. The molecule has 0 spiro atoms. The first kappa shape index (κ1) is 13.5. The maximum atomic E-state index is 5.81. The van der Waals surface area contributed by atoms with Crippen molar-refractivity contribution in [2.75, 3.05) is 32.7 Å². The summed E-state index contributed by atoms with van der Waals surface area (Å²) in [6.07, 6.45) is 0.790. The van der Waals surface area contributed by atoms with E-state index in [9.17, 15) is 0 Å². The molecule has 6 heteroatoms. The molecule has 100 valence electrons. The number of hydrogen-bond acceptors (Lipinski definition) is 5. The quantitative estimate of drug-likeness (QED) is 0.811. The normalized spacial score (nSPS) is 18.1. The highest BCUT2D eigenvalue weighted by Gasteiger charge is 2.18. The third kappa shape index (κ3) is 3.80. The lowest BCUT2D eigenvalue weighted by Gasteiger charge is -2.33. The van der Waals surface area contributed by atoms with Crippen LogP contribution in [0.3, 0.4) is 0 Å². The van der Waals surface area contributed by atoms with Crippen LogP contribution in [-0.2, 0) is 13.0 Å². The molecule has 0 N–H and O–H groups in total. The molecule has 1 aromatic heterocycles. The number of hydrogen-bond donors (Lipinski definition) is 0. The molecule has 1 aromatic rings. The molecule has 1 aliphatic heterocycles. The number of aromatic nitrogens is 2. The van der Waals surface area contributed by atoms with Gasteiger partial charge in [-0.2, -0.15) is 4.98 Å². The number of halogens is 1. The van der Waals surface area contributed by atoms with Gasteiger partial charge in [-0.15, -0.1) is 0 Å². The van der Waals surface area contributed by atoms with Gasteiger partial charge in [0.15, 0.2) is 5.82 Å². The average Bonchev–Trinajstić information content (AvgIpc) is 2.79. The summed E-state index contributed by atoms with van der Waals surface area (Å²) in [5, 5.41) is 4.67. The predicted octanol–water partition coefficient (Wildman–Crippen LogP) is 1.50. The Morgan fingerprint density at radius 3 is 2.56 bits per heavy atom. The van der Waals surface area contributed by atoms with Gasteiger partial charge in [-0.3, -0.25) is 9.80 Å². The van der Waals surface area contributed by atoms with Gasteiger partial charge in [-0.05, 0) is 0 Å².